The van der Waals surface area contributed by atoms with Crippen LogP contribution in [0.25, 0.3) is 0 Å². The minimum Gasteiger partial charge on any atom is -0.320 e. The number of carbonyl (C=O) groups is 1. The highest BCUT2D eigenvalue weighted by Crippen LogP contribution is 2.17. The number of carbonyl (C=O) groups excluding carboxylic acids is 1. The Bertz CT molecular complexity index is 510. The van der Waals surface area contributed by atoms with Crippen molar-refractivity contribution in [1.82, 2.24) is 15.2 Å². The quantitative estimate of drug-likeness (QED) is 0.828. The van der Waals surface area contributed by atoms with Crippen LogP contribution in [0.15, 0.2) is 29.3 Å². The van der Waals surface area contributed by atoms with Crippen molar-refractivity contribution in [3.05, 3.63) is 40.4 Å². The van der Waals surface area contributed by atoms with E-state index in [9.17, 15) is 4.79 Å². The summed E-state index contributed by atoms with van der Waals surface area (Å²) in [4.78, 5) is 15.8. The predicted octanol–water partition coefficient (Wildman–Crippen LogP) is 2.13. The van der Waals surface area contributed by atoms with Crippen molar-refractivity contribution in [2.75, 3.05) is 5.32 Å². The van der Waals surface area contributed by atoms with Crippen LogP contribution in [0.2, 0.25) is 0 Å². The number of nitrogens with zero attached hydrogens (tertiary/aromatic N) is 2. The molecule has 2 N–H and O–H groups in total. The molecular formula is C10H9BrN4O. The van der Waals surface area contributed by atoms with Crippen LogP contribution < -0.4 is 5.32 Å². The van der Waals surface area contributed by atoms with Gasteiger partial charge < -0.3 is 5.32 Å². The SMILES string of the molecule is Cc1cc(NC(=O)c2cn[nH]c2)cnc1Br. The van der Waals surface area contributed by atoms with Crippen molar-refractivity contribution in [2.24, 2.45) is 0 Å². The molecule has 0 aromatic carbocycles. The Labute approximate surface area is 100 Å². The molecule has 0 saturated carbocycles. The number of anilines is 1. The van der Waals surface area contributed by atoms with Gasteiger partial charge in [0.15, 0.2) is 0 Å². The fraction of sp³-hybridized carbons (Fsp3) is 0.100. The summed E-state index contributed by atoms with van der Waals surface area (Å²) in [6, 6.07) is 1.84. The van der Waals surface area contributed by atoms with Gasteiger partial charge in [-0.2, -0.15) is 5.10 Å². The molecule has 0 saturated heterocycles. The average molecular weight is 281 g/mol. The van der Waals surface area contributed by atoms with E-state index in [2.05, 4.69) is 36.4 Å². The number of amides is 1. The topological polar surface area (TPSA) is 70.7 Å². The summed E-state index contributed by atoms with van der Waals surface area (Å²) >= 11 is 3.30. The highest BCUT2D eigenvalue weighted by Gasteiger charge is 2.07. The van der Waals surface area contributed by atoms with Gasteiger partial charge in [-0.05, 0) is 34.5 Å². The van der Waals surface area contributed by atoms with Gasteiger partial charge in [0.2, 0.25) is 0 Å². The first kappa shape index (κ1) is 10.8. The number of aryl methyl sites for hydroxylation is 1. The molecule has 5 nitrogen and oxygen atoms in total. The Kier molecular flexibility index (Phi) is 3.00. The van der Waals surface area contributed by atoms with Crippen molar-refractivity contribution in [3.63, 3.8) is 0 Å². The maximum Gasteiger partial charge on any atom is 0.258 e. The van der Waals surface area contributed by atoms with Crippen LogP contribution in [-0.2, 0) is 0 Å². The summed E-state index contributed by atoms with van der Waals surface area (Å²) in [5.74, 6) is -0.211. The molecule has 0 bridgehead atoms. The van der Waals surface area contributed by atoms with Gasteiger partial charge in [-0.3, -0.25) is 9.89 Å². The van der Waals surface area contributed by atoms with Crippen LogP contribution in [0, 0.1) is 6.92 Å². The molecule has 16 heavy (non-hydrogen) atoms. The first-order chi connectivity index (χ1) is 7.66. The van der Waals surface area contributed by atoms with Gasteiger partial charge in [0.25, 0.3) is 5.91 Å². The standard InChI is InChI=1S/C10H9BrN4O/c1-6-2-8(5-12-9(6)11)15-10(16)7-3-13-14-4-7/h2-5H,1H3,(H,13,14)(H,15,16). The highest BCUT2D eigenvalue weighted by atomic mass is 79.9. The summed E-state index contributed by atoms with van der Waals surface area (Å²) < 4.78 is 0.772. The Morgan fingerprint density at radius 2 is 2.31 bits per heavy atom. The van der Waals surface area contributed by atoms with Crippen LogP contribution in [-0.4, -0.2) is 21.1 Å². The van der Waals surface area contributed by atoms with Crippen LogP contribution in [0.4, 0.5) is 5.69 Å². The second kappa shape index (κ2) is 4.44. The van der Waals surface area contributed by atoms with Crippen molar-refractivity contribution in [2.45, 2.75) is 6.92 Å². The van der Waals surface area contributed by atoms with Gasteiger partial charge in [0, 0.05) is 6.20 Å². The molecule has 0 aliphatic carbocycles. The molecule has 0 atom stereocenters. The minimum atomic E-state index is -0.211. The molecule has 0 radical (unpaired) electrons. The Hall–Kier alpha value is -1.69. The fourth-order valence-electron chi connectivity index (χ4n) is 1.20. The Morgan fingerprint density at radius 3 is 2.94 bits per heavy atom. The molecule has 2 aromatic heterocycles. The average Bonchev–Trinajstić information content (AvgIpc) is 2.77. The maximum atomic E-state index is 11.7. The number of rotatable bonds is 2. The molecule has 2 aromatic rings. The van der Waals surface area contributed by atoms with E-state index < -0.39 is 0 Å². The van der Waals surface area contributed by atoms with Gasteiger partial charge in [-0.15, -0.1) is 0 Å². The van der Waals surface area contributed by atoms with E-state index in [4.69, 9.17) is 0 Å². The number of aromatic nitrogens is 3. The highest BCUT2D eigenvalue weighted by molar-refractivity contribution is 9.10. The van der Waals surface area contributed by atoms with Crippen molar-refractivity contribution in [1.29, 1.82) is 0 Å². The molecule has 1 amide bonds. The van der Waals surface area contributed by atoms with Crippen molar-refractivity contribution >= 4 is 27.5 Å². The normalized spacial score (nSPS) is 10.1. The molecule has 0 aliphatic heterocycles. The van der Waals surface area contributed by atoms with Crippen LogP contribution >= 0.6 is 15.9 Å². The van der Waals surface area contributed by atoms with Crippen LogP contribution in [0.3, 0.4) is 0 Å². The molecule has 0 spiro atoms. The Balaban J connectivity index is 2.15. The summed E-state index contributed by atoms with van der Waals surface area (Å²) in [6.07, 6.45) is 4.60. The number of aromatic amines is 1. The number of H-pyrrole nitrogens is 1. The van der Waals surface area contributed by atoms with Crippen LogP contribution in [0.1, 0.15) is 15.9 Å². The second-order valence-electron chi connectivity index (χ2n) is 3.27. The third-order valence-corrected chi connectivity index (χ3v) is 2.86. The van der Waals surface area contributed by atoms with Gasteiger partial charge in [0.1, 0.15) is 4.60 Å². The zero-order chi connectivity index (χ0) is 11.5. The van der Waals surface area contributed by atoms with Gasteiger partial charge in [-0.25, -0.2) is 4.98 Å². The lowest BCUT2D eigenvalue weighted by Gasteiger charge is -2.04. The van der Waals surface area contributed by atoms with E-state index >= 15 is 0 Å². The van der Waals surface area contributed by atoms with E-state index in [1.807, 2.05) is 13.0 Å². The number of hydrogen-bond donors (Lipinski definition) is 2. The number of halogens is 1. The van der Waals surface area contributed by atoms with E-state index in [0.29, 0.717) is 11.3 Å². The molecule has 2 rings (SSSR count). The Morgan fingerprint density at radius 1 is 1.50 bits per heavy atom. The number of nitrogens with one attached hydrogen (secondary N) is 2. The lowest BCUT2D eigenvalue weighted by Crippen LogP contribution is -2.11. The van der Waals surface area contributed by atoms with E-state index in [1.54, 1.807) is 6.20 Å². The molecular weight excluding hydrogens is 272 g/mol. The zero-order valence-corrected chi connectivity index (χ0v) is 10.1. The van der Waals surface area contributed by atoms with Crippen molar-refractivity contribution in [3.8, 4) is 0 Å². The van der Waals surface area contributed by atoms with E-state index in [1.165, 1.54) is 12.4 Å². The third-order valence-electron chi connectivity index (χ3n) is 2.03. The van der Waals surface area contributed by atoms with Gasteiger partial charge in [0.05, 0.1) is 23.6 Å². The largest absolute Gasteiger partial charge is 0.320 e. The smallest absolute Gasteiger partial charge is 0.258 e. The van der Waals surface area contributed by atoms with E-state index in [-0.39, 0.29) is 5.91 Å². The summed E-state index contributed by atoms with van der Waals surface area (Å²) in [6.45, 7) is 1.91. The molecule has 6 heteroatoms. The molecule has 0 unspecified atom stereocenters. The molecule has 0 aliphatic rings. The first-order valence-electron chi connectivity index (χ1n) is 4.59. The molecule has 82 valence electrons. The van der Waals surface area contributed by atoms with E-state index in [0.717, 1.165) is 10.2 Å². The third kappa shape index (κ3) is 2.27. The monoisotopic (exact) mass is 280 g/mol. The number of hydrogen-bond acceptors (Lipinski definition) is 3. The summed E-state index contributed by atoms with van der Waals surface area (Å²) in [5.41, 5.74) is 2.11. The summed E-state index contributed by atoms with van der Waals surface area (Å²) in [7, 11) is 0. The van der Waals surface area contributed by atoms with Crippen molar-refractivity contribution < 1.29 is 4.79 Å². The maximum absolute atomic E-state index is 11.7. The lowest BCUT2D eigenvalue weighted by atomic mass is 10.3. The zero-order valence-electron chi connectivity index (χ0n) is 8.49. The first-order valence-corrected chi connectivity index (χ1v) is 5.38. The summed E-state index contributed by atoms with van der Waals surface area (Å²) in [5, 5.41) is 9.02. The van der Waals surface area contributed by atoms with Crippen LogP contribution in [0.5, 0.6) is 0 Å². The number of pyridine rings is 1. The molecule has 2 heterocycles. The van der Waals surface area contributed by atoms with Gasteiger partial charge >= 0.3 is 0 Å². The second-order valence-corrected chi connectivity index (χ2v) is 4.02. The molecule has 0 fully saturated rings. The lowest BCUT2D eigenvalue weighted by molar-refractivity contribution is 0.102. The van der Waals surface area contributed by atoms with Gasteiger partial charge in [-0.1, -0.05) is 0 Å². The predicted molar refractivity (Wildman–Crippen MR) is 63.2 cm³/mol. The fourth-order valence-corrected chi connectivity index (χ4v) is 1.42. The minimum absolute atomic E-state index is 0.211.